The lowest BCUT2D eigenvalue weighted by atomic mass is 10.0. The summed E-state index contributed by atoms with van der Waals surface area (Å²) in [5.41, 5.74) is 3.58. The zero-order valence-corrected chi connectivity index (χ0v) is 12.6. The number of hydrogen-bond acceptors (Lipinski definition) is 2. The molecule has 0 fully saturated rings. The van der Waals surface area contributed by atoms with E-state index in [9.17, 15) is 0 Å². The molecule has 0 spiro atoms. The Morgan fingerprint density at radius 3 is 2.55 bits per heavy atom. The molecule has 0 saturated heterocycles. The van der Waals surface area contributed by atoms with Crippen LogP contribution in [0.1, 0.15) is 36.5 Å². The van der Waals surface area contributed by atoms with Crippen LogP contribution in [0.25, 0.3) is 0 Å². The number of ether oxygens (including phenoxy) is 2. The highest BCUT2D eigenvalue weighted by molar-refractivity contribution is 5.38. The first-order valence-electron chi connectivity index (χ1n) is 6.96. The lowest BCUT2D eigenvalue weighted by Gasteiger charge is -2.13. The molecule has 2 nitrogen and oxygen atoms in total. The molecule has 0 aromatic heterocycles. The molecular formula is C18H22O2. The van der Waals surface area contributed by atoms with Gasteiger partial charge in [-0.2, -0.15) is 0 Å². The van der Waals surface area contributed by atoms with E-state index in [0.717, 1.165) is 22.6 Å². The average Bonchev–Trinajstić information content (AvgIpc) is 2.46. The third-order valence-electron chi connectivity index (χ3n) is 3.41. The van der Waals surface area contributed by atoms with E-state index in [0.29, 0.717) is 12.5 Å². The molecule has 0 atom stereocenters. The van der Waals surface area contributed by atoms with Crippen LogP contribution < -0.4 is 9.47 Å². The Kier molecular flexibility index (Phi) is 4.67. The molecule has 0 saturated carbocycles. The second-order valence-corrected chi connectivity index (χ2v) is 5.32. The summed E-state index contributed by atoms with van der Waals surface area (Å²) in [6.45, 7) is 7.01. The predicted molar refractivity (Wildman–Crippen MR) is 82.6 cm³/mol. The van der Waals surface area contributed by atoms with Crippen molar-refractivity contribution in [1.82, 2.24) is 0 Å². The molecule has 0 aliphatic rings. The molecule has 2 aromatic carbocycles. The maximum absolute atomic E-state index is 5.96. The minimum Gasteiger partial charge on any atom is -0.497 e. The third kappa shape index (κ3) is 3.53. The van der Waals surface area contributed by atoms with Gasteiger partial charge in [0.25, 0.3) is 0 Å². The molecule has 0 unspecified atom stereocenters. The van der Waals surface area contributed by atoms with Gasteiger partial charge < -0.3 is 9.47 Å². The fourth-order valence-corrected chi connectivity index (χ4v) is 2.05. The van der Waals surface area contributed by atoms with Crippen LogP contribution >= 0.6 is 0 Å². The quantitative estimate of drug-likeness (QED) is 0.783. The number of rotatable bonds is 5. The van der Waals surface area contributed by atoms with Crippen LogP contribution in [-0.2, 0) is 6.61 Å². The first kappa shape index (κ1) is 14.4. The van der Waals surface area contributed by atoms with Gasteiger partial charge in [0.05, 0.1) is 7.11 Å². The highest BCUT2D eigenvalue weighted by atomic mass is 16.5. The van der Waals surface area contributed by atoms with E-state index >= 15 is 0 Å². The lowest BCUT2D eigenvalue weighted by molar-refractivity contribution is 0.302. The van der Waals surface area contributed by atoms with Crippen LogP contribution in [0.15, 0.2) is 42.5 Å². The molecule has 0 aliphatic carbocycles. The summed E-state index contributed by atoms with van der Waals surface area (Å²) >= 11 is 0. The highest BCUT2D eigenvalue weighted by Gasteiger charge is 2.05. The number of methoxy groups -OCH3 is 1. The van der Waals surface area contributed by atoms with Crippen molar-refractivity contribution >= 4 is 0 Å². The second-order valence-electron chi connectivity index (χ2n) is 5.32. The minimum atomic E-state index is 0.509. The zero-order valence-electron chi connectivity index (χ0n) is 12.6. The van der Waals surface area contributed by atoms with Gasteiger partial charge >= 0.3 is 0 Å². The van der Waals surface area contributed by atoms with E-state index in [-0.39, 0.29) is 0 Å². The van der Waals surface area contributed by atoms with Crippen molar-refractivity contribution < 1.29 is 9.47 Å². The maximum atomic E-state index is 5.96. The molecule has 20 heavy (non-hydrogen) atoms. The predicted octanol–water partition coefficient (Wildman–Crippen LogP) is 4.71. The summed E-state index contributed by atoms with van der Waals surface area (Å²) in [5, 5.41) is 0. The standard InChI is InChI=1S/C18H22O2/c1-13(2)16-9-8-14(3)18(11-16)20-12-15-6-5-7-17(10-15)19-4/h5-11,13H,12H2,1-4H3. The molecule has 2 heteroatoms. The Hall–Kier alpha value is -1.96. The maximum Gasteiger partial charge on any atom is 0.122 e. The molecule has 0 heterocycles. The summed E-state index contributed by atoms with van der Waals surface area (Å²) in [4.78, 5) is 0. The van der Waals surface area contributed by atoms with Gasteiger partial charge in [0.15, 0.2) is 0 Å². The van der Waals surface area contributed by atoms with E-state index in [4.69, 9.17) is 9.47 Å². The van der Waals surface area contributed by atoms with Crippen molar-refractivity contribution in [2.24, 2.45) is 0 Å². The fourth-order valence-electron chi connectivity index (χ4n) is 2.05. The average molecular weight is 270 g/mol. The molecule has 0 amide bonds. The van der Waals surface area contributed by atoms with Crippen molar-refractivity contribution in [3.63, 3.8) is 0 Å². The lowest BCUT2D eigenvalue weighted by Crippen LogP contribution is -1.99. The Morgan fingerprint density at radius 2 is 1.85 bits per heavy atom. The van der Waals surface area contributed by atoms with Gasteiger partial charge in [-0.1, -0.05) is 38.1 Å². The van der Waals surface area contributed by atoms with Crippen molar-refractivity contribution in [3.05, 3.63) is 59.2 Å². The van der Waals surface area contributed by atoms with Crippen molar-refractivity contribution in [2.45, 2.75) is 33.3 Å². The summed E-state index contributed by atoms with van der Waals surface area (Å²) in [6, 6.07) is 14.4. The SMILES string of the molecule is COc1cccc(COc2cc(C(C)C)ccc2C)c1. The molecule has 0 bridgehead atoms. The van der Waals surface area contributed by atoms with Gasteiger partial charge in [-0.05, 0) is 47.7 Å². The van der Waals surface area contributed by atoms with Gasteiger partial charge in [-0.15, -0.1) is 0 Å². The molecule has 2 rings (SSSR count). The van der Waals surface area contributed by atoms with Crippen LogP contribution in [0.4, 0.5) is 0 Å². The fraction of sp³-hybridized carbons (Fsp3) is 0.333. The summed E-state index contributed by atoms with van der Waals surface area (Å²) < 4.78 is 11.2. The van der Waals surface area contributed by atoms with Crippen LogP contribution in [-0.4, -0.2) is 7.11 Å². The Bertz CT molecular complexity index is 573. The van der Waals surface area contributed by atoms with Gasteiger partial charge in [0.1, 0.15) is 18.1 Å². The highest BCUT2D eigenvalue weighted by Crippen LogP contribution is 2.25. The Labute approximate surface area is 121 Å². The summed E-state index contributed by atoms with van der Waals surface area (Å²) in [6.07, 6.45) is 0. The second kappa shape index (κ2) is 6.47. The first-order chi connectivity index (χ1) is 9.60. The zero-order chi connectivity index (χ0) is 14.5. The van der Waals surface area contributed by atoms with Gasteiger partial charge in [-0.3, -0.25) is 0 Å². The third-order valence-corrected chi connectivity index (χ3v) is 3.41. The van der Waals surface area contributed by atoms with Crippen LogP contribution in [0.2, 0.25) is 0 Å². The van der Waals surface area contributed by atoms with E-state index < -0.39 is 0 Å². The van der Waals surface area contributed by atoms with Crippen molar-refractivity contribution in [1.29, 1.82) is 0 Å². The molecular weight excluding hydrogens is 248 g/mol. The van der Waals surface area contributed by atoms with Gasteiger partial charge in [0, 0.05) is 0 Å². The van der Waals surface area contributed by atoms with E-state index in [1.807, 2.05) is 24.3 Å². The first-order valence-corrected chi connectivity index (χ1v) is 6.96. The number of aryl methyl sites for hydroxylation is 1. The summed E-state index contributed by atoms with van der Waals surface area (Å²) in [5.74, 6) is 2.33. The molecule has 0 aliphatic heterocycles. The van der Waals surface area contributed by atoms with Gasteiger partial charge in [0.2, 0.25) is 0 Å². The molecule has 0 N–H and O–H groups in total. The van der Waals surface area contributed by atoms with Crippen molar-refractivity contribution in [2.75, 3.05) is 7.11 Å². The largest absolute Gasteiger partial charge is 0.497 e. The smallest absolute Gasteiger partial charge is 0.122 e. The minimum absolute atomic E-state index is 0.509. The van der Waals surface area contributed by atoms with Gasteiger partial charge in [-0.25, -0.2) is 0 Å². The van der Waals surface area contributed by atoms with Crippen LogP contribution in [0, 0.1) is 6.92 Å². The van der Waals surface area contributed by atoms with E-state index in [2.05, 4.69) is 39.0 Å². The summed E-state index contributed by atoms with van der Waals surface area (Å²) in [7, 11) is 1.68. The Balaban J connectivity index is 2.11. The molecule has 106 valence electrons. The normalized spacial score (nSPS) is 10.7. The Morgan fingerprint density at radius 1 is 1.05 bits per heavy atom. The van der Waals surface area contributed by atoms with E-state index in [1.54, 1.807) is 7.11 Å². The molecule has 0 radical (unpaired) electrons. The van der Waals surface area contributed by atoms with E-state index in [1.165, 1.54) is 5.56 Å². The van der Waals surface area contributed by atoms with Crippen LogP contribution in [0.3, 0.4) is 0 Å². The number of benzene rings is 2. The molecule has 2 aromatic rings. The van der Waals surface area contributed by atoms with Crippen molar-refractivity contribution in [3.8, 4) is 11.5 Å². The number of hydrogen-bond donors (Lipinski definition) is 0. The van der Waals surface area contributed by atoms with Crippen LogP contribution in [0.5, 0.6) is 11.5 Å². The monoisotopic (exact) mass is 270 g/mol. The topological polar surface area (TPSA) is 18.5 Å².